The Morgan fingerprint density at radius 2 is 1.03 bits per heavy atom. The van der Waals surface area contributed by atoms with Crippen molar-refractivity contribution < 1.29 is 5.11 Å². The van der Waals surface area contributed by atoms with Gasteiger partial charge in [0, 0.05) is 5.56 Å². The van der Waals surface area contributed by atoms with Crippen molar-refractivity contribution in [2.24, 2.45) is 35.5 Å². The molecule has 1 aromatic rings. The number of benzene rings is 1. The Morgan fingerprint density at radius 1 is 0.645 bits per heavy atom. The second kappa shape index (κ2) is 6.12. The zero-order valence-electron chi connectivity index (χ0n) is 20.1. The molecule has 8 aliphatic carbocycles. The largest absolute Gasteiger partial charge is 0.508 e. The van der Waals surface area contributed by atoms with E-state index >= 15 is 0 Å². The summed E-state index contributed by atoms with van der Waals surface area (Å²) in [5, 5.41) is 11.3. The van der Waals surface area contributed by atoms with E-state index in [4.69, 9.17) is 0 Å². The van der Waals surface area contributed by atoms with Gasteiger partial charge < -0.3 is 5.11 Å². The van der Waals surface area contributed by atoms with Crippen LogP contribution in [0.1, 0.15) is 115 Å². The molecule has 0 saturated heterocycles. The fourth-order valence-electron chi connectivity index (χ4n) is 11.2. The molecule has 0 atom stereocenters. The topological polar surface area (TPSA) is 20.2 Å². The van der Waals surface area contributed by atoms with Crippen LogP contribution in [0, 0.1) is 35.5 Å². The van der Waals surface area contributed by atoms with Gasteiger partial charge in [0.25, 0.3) is 0 Å². The van der Waals surface area contributed by atoms with E-state index in [1.54, 1.807) is 11.1 Å². The average molecular weight is 419 g/mol. The van der Waals surface area contributed by atoms with Gasteiger partial charge >= 0.3 is 0 Å². The first-order chi connectivity index (χ1) is 14.7. The zero-order chi connectivity index (χ0) is 21.2. The quantitative estimate of drug-likeness (QED) is 0.523. The third-order valence-electron chi connectivity index (χ3n) is 11.1. The van der Waals surface area contributed by atoms with Crippen molar-refractivity contribution in [1.82, 2.24) is 0 Å². The summed E-state index contributed by atoms with van der Waals surface area (Å²) in [4.78, 5) is 0. The highest BCUT2D eigenvalue weighted by Gasteiger charge is 2.57. The standard InChI is InChI=1S/C30H42O/c1-28(2,3)27-25(31)5-4-24(29-12-18-6-19(13-29)8-20(7-18)14-29)26(27)30-15-21-9-22(16-30)11-23(10-21)17-30/h4-5,18-23,31H,6-17H2,1-3H3. The van der Waals surface area contributed by atoms with Crippen LogP contribution in [-0.4, -0.2) is 5.11 Å². The van der Waals surface area contributed by atoms with Gasteiger partial charge in [0.05, 0.1) is 0 Å². The average Bonchev–Trinajstić information content (AvgIpc) is 2.64. The van der Waals surface area contributed by atoms with E-state index in [9.17, 15) is 5.11 Å². The van der Waals surface area contributed by atoms with E-state index in [0.29, 0.717) is 16.6 Å². The van der Waals surface area contributed by atoms with Crippen molar-refractivity contribution in [1.29, 1.82) is 0 Å². The molecule has 0 spiro atoms. The predicted octanol–water partition coefficient (Wildman–Crippen LogP) is 7.63. The molecule has 0 radical (unpaired) electrons. The van der Waals surface area contributed by atoms with Gasteiger partial charge in [-0.1, -0.05) is 26.8 Å². The van der Waals surface area contributed by atoms with Crippen molar-refractivity contribution in [2.45, 2.75) is 114 Å². The lowest BCUT2D eigenvalue weighted by molar-refractivity contribution is -0.0181. The lowest BCUT2D eigenvalue weighted by Crippen LogP contribution is -2.53. The predicted molar refractivity (Wildman–Crippen MR) is 127 cm³/mol. The number of phenolic OH excluding ortho intramolecular Hbond substituents is 1. The Hall–Kier alpha value is -0.980. The number of aromatic hydroxyl groups is 1. The summed E-state index contributed by atoms with van der Waals surface area (Å²) < 4.78 is 0. The lowest BCUT2D eigenvalue weighted by atomic mass is 9.43. The monoisotopic (exact) mass is 418 g/mol. The fraction of sp³-hybridized carbons (Fsp3) is 0.800. The van der Waals surface area contributed by atoms with Gasteiger partial charge in [0.1, 0.15) is 5.75 Å². The molecule has 1 aromatic carbocycles. The Morgan fingerprint density at radius 3 is 1.42 bits per heavy atom. The lowest BCUT2D eigenvalue weighted by Gasteiger charge is -2.61. The highest BCUT2D eigenvalue weighted by Crippen LogP contribution is 2.67. The Balaban J connectivity index is 1.46. The molecule has 1 nitrogen and oxygen atoms in total. The molecule has 8 aliphatic rings. The third kappa shape index (κ3) is 2.73. The number of hydrogen-bond acceptors (Lipinski definition) is 1. The van der Waals surface area contributed by atoms with Crippen LogP contribution in [0.4, 0.5) is 0 Å². The first-order valence-corrected chi connectivity index (χ1v) is 13.6. The van der Waals surface area contributed by atoms with Crippen molar-refractivity contribution in [3.63, 3.8) is 0 Å². The van der Waals surface area contributed by atoms with Crippen molar-refractivity contribution in [3.8, 4) is 5.75 Å². The summed E-state index contributed by atoms with van der Waals surface area (Å²) in [7, 11) is 0. The van der Waals surface area contributed by atoms with Crippen LogP contribution in [0.15, 0.2) is 12.1 Å². The van der Waals surface area contributed by atoms with E-state index in [1.165, 1.54) is 82.6 Å². The Labute approximate surface area is 189 Å². The summed E-state index contributed by atoms with van der Waals surface area (Å²) in [6, 6.07) is 4.56. The van der Waals surface area contributed by atoms with Crippen LogP contribution in [0.5, 0.6) is 5.75 Å². The maximum absolute atomic E-state index is 11.3. The van der Waals surface area contributed by atoms with Crippen molar-refractivity contribution in [3.05, 3.63) is 28.8 Å². The minimum Gasteiger partial charge on any atom is -0.508 e. The second-order valence-electron chi connectivity index (χ2n) is 14.5. The van der Waals surface area contributed by atoms with Crippen molar-refractivity contribution in [2.75, 3.05) is 0 Å². The molecule has 31 heavy (non-hydrogen) atoms. The molecule has 8 saturated carbocycles. The maximum atomic E-state index is 11.3. The van der Waals surface area contributed by atoms with Crippen LogP contribution in [0.2, 0.25) is 0 Å². The summed E-state index contributed by atoms with van der Waals surface area (Å²) in [6.07, 6.45) is 17.6. The molecule has 0 aromatic heterocycles. The molecule has 0 unspecified atom stereocenters. The van der Waals surface area contributed by atoms with Gasteiger partial charge in [-0.2, -0.15) is 0 Å². The summed E-state index contributed by atoms with van der Waals surface area (Å²) in [5.74, 6) is 6.36. The summed E-state index contributed by atoms with van der Waals surface area (Å²) >= 11 is 0. The first kappa shape index (κ1) is 19.5. The molecule has 0 aliphatic heterocycles. The molecule has 0 amide bonds. The van der Waals surface area contributed by atoms with Crippen LogP contribution in [-0.2, 0) is 16.2 Å². The maximum Gasteiger partial charge on any atom is 0.119 e. The van der Waals surface area contributed by atoms with E-state index < -0.39 is 0 Å². The Bertz CT molecular complexity index is 845. The van der Waals surface area contributed by atoms with Crippen LogP contribution < -0.4 is 0 Å². The van der Waals surface area contributed by atoms with Gasteiger partial charge in [0.15, 0.2) is 0 Å². The summed E-state index contributed by atoms with van der Waals surface area (Å²) in [6.45, 7) is 7.07. The third-order valence-corrected chi connectivity index (χ3v) is 11.1. The fourth-order valence-corrected chi connectivity index (χ4v) is 11.2. The van der Waals surface area contributed by atoms with Gasteiger partial charge in [-0.3, -0.25) is 0 Å². The molecule has 1 N–H and O–H groups in total. The normalized spacial score (nSPS) is 47.3. The molecule has 8 bridgehead atoms. The molecule has 1 heteroatoms. The van der Waals surface area contributed by atoms with E-state index in [0.717, 1.165) is 35.5 Å². The van der Waals surface area contributed by atoms with Gasteiger partial charge in [0.2, 0.25) is 0 Å². The minimum atomic E-state index is 0.00104. The zero-order valence-corrected chi connectivity index (χ0v) is 20.1. The highest BCUT2D eigenvalue weighted by atomic mass is 16.3. The van der Waals surface area contributed by atoms with E-state index in [1.807, 2.05) is 0 Å². The van der Waals surface area contributed by atoms with Gasteiger partial charge in [-0.15, -0.1) is 0 Å². The van der Waals surface area contributed by atoms with Gasteiger partial charge in [-0.25, -0.2) is 0 Å². The van der Waals surface area contributed by atoms with Crippen molar-refractivity contribution >= 4 is 0 Å². The first-order valence-electron chi connectivity index (χ1n) is 13.6. The van der Waals surface area contributed by atoms with Crippen LogP contribution in [0.25, 0.3) is 0 Å². The number of phenols is 1. The molecule has 0 heterocycles. The van der Waals surface area contributed by atoms with Gasteiger partial charge in [-0.05, 0) is 146 Å². The summed E-state index contributed by atoms with van der Waals surface area (Å²) in [5.41, 5.74) is 5.54. The van der Waals surface area contributed by atoms with Crippen LogP contribution in [0.3, 0.4) is 0 Å². The van der Waals surface area contributed by atoms with E-state index in [2.05, 4.69) is 32.9 Å². The van der Waals surface area contributed by atoms with Crippen LogP contribution >= 0.6 is 0 Å². The smallest absolute Gasteiger partial charge is 0.119 e. The number of hydrogen-bond donors (Lipinski definition) is 1. The molecule has 8 fully saturated rings. The molecular formula is C30H42O. The van der Waals surface area contributed by atoms with E-state index in [-0.39, 0.29) is 5.41 Å². The molecule has 168 valence electrons. The second-order valence-corrected chi connectivity index (χ2v) is 14.5. The highest BCUT2D eigenvalue weighted by molar-refractivity contribution is 5.55. The minimum absolute atomic E-state index is 0.00104. The number of rotatable bonds is 2. The molecular weight excluding hydrogens is 376 g/mol. The molecule has 9 rings (SSSR count). The SMILES string of the molecule is CC(C)(C)c1c(O)ccc(C23CC4CC(CC(C4)C2)C3)c1C12CC3CC(CC(C3)C1)C2. The Kier molecular flexibility index (Phi) is 3.85.